The van der Waals surface area contributed by atoms with Crippen molar-refractivity contribution in [1.29, 1.82) is 0 Å². The van der Waals surface area contributed by atoms with Crippen LogP contribution in [-0.4, -0.2) is 30.5 Å². The van der Waals surface area contributed by atoms with Crippen LogP contribution in [0.1, 0.15) is 18.4 Å². The van der Waals surface area contributed by atoms with Gasteiger partial charge in [-0.1, -0.05) is 12.1 Å². The molecule has 0 aliphatic heterocycles. The summed E-state index contributed by atoms with van der Waals surface area (Å²) in [6, 6.07) is 11.4. The number of halogens is 2. The molecular formula is C19H20F2N2O2. The van der Waals surface area contributed by atoms with E-state index in [0.717, 1.165) is 36.3 Å². The topological polar surface area (TPSA) is 41.6 Å². The van der Waals surface area contributed by atoms with Crippen molar-refractivity contribution >= 4 is 11.6 Å². The van der Waals surface area contributed by atoms with Crippen molar-refractivity contribution in [2.45, 2.75) is 25.4 Å². The van der Waals surface area contributed by atoms with E-state index in [1.165, 1.54) is 6.07 Å². The Morgan fingerprint density at radius 1 is 1.16 bits per heavy atom. The van der Waals surface area contributed by atoms with E-state index in [-0.39, 0.29) is 18.1 Å². The molecule has 0 aromatic heterocycles. The zero-order valence-corrected chi connectivity index (χ0v) is 14.0. The highest BCUT2D eigenvalue weighted by atomic mass is 19.2. The van der Waals surface area contributed by atoms with Gasteiger partial charge in [-0.3, -0.25) is 9.69 Å². The van der Waals surface area contributed by atoms with Gasteiger partial charge in [-0.05, 0) is 42.7 Å². The van der Waals surface area contributed by atoms with E-state index in [4.69, 9.17) is 4.74 Å². The van der Waals surface area contributed by atoms with Crippen LogP contribution in [0, 0.1) is 11.6 Å². The van der Waals surface area contributed by atoms with E-state index in [0.29, 0.717) is 12.6 Å². The number of anilines is 1. The minimum Gasteiger partial charge on any atom is -0.497 e. The van der Waals surface area contributed by atoms with Gasteiger partial charge in [0.25, 0.3) is 0 Å². The average Bonchev–Trinajstić information content (AvgIpc) is 3.43. The predicted molar refractivity (Wildman–Crippen MR) is 91.4 cm³/mol. The molecule has 1 saturated carbocycles. The maximum atomic E-state index is 13.2. The Balaban J connectivity index is 1.60. The Bertz CT molecular complexity index is 746. The summed E-state index contributed by atoms with van der Waals surface area (Å²) in [7, 11) is 1.62. The van der Waals surface area contributed by atoms with Crippen molar-refractivity contribution in [3.8, 4) is 5.75 Å². The van der Waals surface area contributed by atoms with Gasteiger partial charge in [0, 0.05) is 24.3 Å². The molecule has 2 aromatic carbocycles. The molecule has 0 saturated heterocycles. The third-order valence-electron chi connectivity index (χ3n) is 4.16. The minimum atomic E-state index is -0.977. The molecule has 1 N–H and O–H groups in total. The summed E-state index contributed by atoms with van der Waals surface area (Å²) in [5.41, 5.74) is 1.34. The second kappa shape index (κ2) is 7.61. The number of carbonyl (C=O) groups excluding carboxylic acids is 1. The first kappa shape index (κ1) is 17.4. The molecule has 3 rings (SSSR count). The van der Waals surface area contributed by atoms with Gasteiger partial charge < -0.3 is 10.1 Å². The van der Waals surface area contributed by atoms with Crippen LogP contribution in [-0.2, 0) is 11.3 Å². The summed E-state index contributed by atoms with van der Waals surface area (Å²) in [5.74, 6) is -1.36. The molecule has 1 fully saturated rings. The van der Waals surface area contributed by atoms with Crippen LogP contribution in [0.5, 0.6) is 5.75 Å². The monoisotopic (exact) mass is 346 g/mol. The quantitative estimate of drug-likeness (QED) is 0.833. The number of nitrogens with zero attached hydrogens (tertiary/aromatic N) is 1. The maximum Gasteiger partial charge on any atom is 0.238 e. The molecular weight excluding hydrogens is 326 g/mol. The first-order valence-electron chi connectivity index (χ1n) is 8.17. The normalized spacial score (nSPS) is 13.8. The number of hydrogen-bond donors (Lipinski definition) is 1. The highest BCUT2D eigenvalue weighted by molar-refractivity contribution is 5.92. The van der Waals surface area contributed by atoms with Gasteiger partial charge >= 0.3 is 0 Å². The fourth-order valence-corrected chi connectivity index (χ4v) is 2.68. The summed E-state index contributed by atoms with van der Waals surface area (Å²) in [6.07, 6.45) is 2.13. The van der Waals surface area contributed by atoms with Crippen molar-refractivity contribution in [3.05, 3.63) is 59.7 Å². The van der Waals surface area contributed by atoms with Crippen LogP contribution in [0.15, 0.2) is 42.5 Å². The first-order chi connectivity index (χ1) is 12.0. The van der Waals surface area contributed by atoms with Crippen molar-refractivity contribution in [3.63, 3.8) is 0 Å². The molecule has 0 spiro atoms. The standard InChI is InChI=1S/C19H20F2N2O2/c1-25-16-7-2-13(3-8-16)11-23(15-5-6-15)12-19(24)22-14-4-9-17(20)18(21)10-14/h2-4,7-10,15H,5-6,11-12H2,1H3,(H,22,24). The lowest BCUT2D eigenvalue weighted by Gasteiger charge is -2.21. The molecule has 0 radical (unpaired) electrons. The molecule has 0 atom stereocenters. The Morgan fingerprint density at radius 3 is 2.48 bits per heavy atom. The third-order valence-corrected chi connectivity index (χ3v) is 4.16. The number of amides is 1. The molecule has 132 valence electrons. The van der Waals surface area contributed by atoms with Crippen LogP contribution in [0.4, 0.5) is 14.5 Å². The molecule has 1 aliphatic carbocycles. The molecule has 6 heteroatoms. The summed E-state index contributed by atoms with van der Waals surface area (Å²) < 4.78 is 31.3. The van der Waals surface area contributed by atoms with Crippen LogP contribution >= 0.6 is 0 Å². The summed E-state index contributed by atoms with van der Waals surface area (Å²) in [6.45, 7) is 0.857. The van der Waals surface area contributed by atoms with Gasteiger partial charge in [0.15, 0.2) is 11.6 Å². The van der Waals surface area contributed by atoms with Crippen LogP contribution in [0.2, 0.25) is 0 Å². The lowest BCUT2D eigenvalue weighted by Crippen LogP contribution is -2.34. The number of nitrogens with one attached hydrogen (secondary N) is 1. The van der Waals surface area contributed by atoms with Crippen molar-refractivity contribution < 1.29 is 18.3 Å². The lowest BCUT2D eigenvalue weighted by atomic mass is 10.2. The van der Waals surface area contributed by atoms with E-state index in [1.54, 1.807) is 7.11 Å². The zero-order valence-electron chi connectivity index (χ0n) is 14.0. The second-order valence-corrected chi connectivity index (χ2v) is 6.16. The van der Waals surface area contributed by atoms with Crippen LogP contribution in [0.3, 0.4) is 0 Å². The summed E-state index contributed by atoms with van der Waals surface area (Å²) in [4.78, 5) is 14.3. The number of ether oxygens (including phenoxy) is 1. The van der Waals surface area contributed by atoms with E-state index in [2.05, 4.69) is 10.2 Å². The predicted octanol–water partition coefficient (Wildman–Crippen LogP) is 3.58. The average molecular weight is 346 g/mol. The molecule has 4 nitrogen and oxygen atoms in total. The van der Waals surface area contributed by atoms with Crippen LogP contribution < -0.4 is 10.1 Å². The maximum absolute atomic E-state index is 13.2. The number of methoxy groups -OCH3 is 1. The molecule has 0 unspecified atom stereocenters. The van der Waals surface area contributed by atoms with Gasteiger partial charge in [-0.2, -0.15) is 0 Å². The number of rotatable bonds is 7. The highest BCUT2D eigenvalue weighted by Crippen LogP contribution is 2.28. The van der Waals surface area contributed by atoms with Gasteiger partial charge in [-0.25, -0.2) is 8.78 Å². The van der Waals surface area contributed by atoms with E-state index < -0.39 is 11.6 Å². The largest absolute Gasteiger partial charge is 0.497 e. The Kier molecular flexibility index (Phi) is 5.28. The van der Waals surface area contributed by atoms with Crippen LogP contribution in [0.25, 0.3) is 0 Å². The lowest BCUT2D eigenvalue weighted by molar-refractivity contribution is -0.117. The van der Waals surface area contributed by atoms with Crippen molar-refractivity contribution in [2.24, 2.45) is 0 Å². The van der Waals surface area contributed by atoms with Gasteiger partial charge in [0.05, 0.1) is 13.7 Å². The molecule has 0 heterocycles. The van der Waals surface area contributed by atoms with Crippen molar-refractivity contribution in [1.82, 2.24) is 4.90 Å². The van der Waals surface area contributed by atoms with Gasteiger partial charge in [0.1, 0.15) is 5.75 Å². The second-order valence-electron chi connectivity index (χ2n) is 6.16. The van der Waals surface area contributed by atoms with E-state index in [1.807, 2.05) is 24.3 Å². The minimum absolute atomic E-state index is 0.204. The van der Waals surface area contributed by atoms with Gasteiger partial charge in [0.2, 0.25) is 5.91 Å². The third kappa shape index (κ3) is 4.76. The highest BCUT2D eigenvalue weighted by Gasteiger charge is 2.30. The molecule has 0 bridgehead atoms. The number of hydrogen-bond acceptors (Lipinski definition) is 3. The SMILES string of the molecule is COc1ccc(CN(CC(=O)Nc2ccc(F)c(F)c2)C2CC2)cc1. The molecule has 2 aromatic rings. The molecule has 25 heavy (non-hydrogen) atoms. The fraction of sp³-hybridized carbons (Fsp3) is 0.316. The summed E-state index contributed by atoms with van der Waals surface area (Å²) in [5, 5.41) is 2.62. The number of benzene rings is 2. The van der Waals surface area contributed by atoms with Crippen molar-refractivity contribution in [2.75, 3.05) is 19.0 Å². The molecule has 1 aliphatic rings. The smallest absolute Gasteiger partial charge is 0.238 e. The fourth-order valence-electron chi connectivity index (χ4n) is 2.68. The Labute approximate surface area is 145 Å². The first-order valence-corrected chi connectivity index (χ1v) is 8.17. The van der Waals surface area contributed by atoms with E-state index >= 15 is 0 Å². The zero-order chi connectivity index (χ0) is 17.8. The Morgan fingerprint density at radius 2 is 1.88 bits per heavy atom. The van der Waals surface area contributed by atoms with Gasteiger partial charge in [-0.15, -0.1) is 0 Å². The number of carbonyl (C=O) groups is 1. The molecule has 1 amide bonds. The van der Waals surface area contributed by atoms with E-state index in [9.17, 15) is 13.6 Å². The summed E-state index contributed by atoms with van der Waals surface area (Å²) >= 11 is 0. The Hall–Kier alpha value is -2.47.